The molecule has 0 fully saturated rings. The van der Waals surface area contributed by atoms with Gasteiger partial charge in [0.1, 0.15) is 11.6 Å². The van der Waals surface area contributed by atoms with Crippen LogP contribution in [0.1, 0.15) is 28.3 Å². The van der Waals surface area contributed by atoms with Gasteiger partial charge in [0, 0.05) is 5.56 Å². The molecule has 0 aliphatic carbocycles. The number of hydrogen-bond acceptors (Lipinski definition) is 2. The van der Waals surface area contributed by atoms with Gasteiger partial charge in [-0.05, 0) is 48.7 Å². The maximum atomic E-state index is 13.8. The Balaban J connectivity index is 2.49. The molecule has 2 rings (SSSR count). The number of hydrazine groups is 1. The van der Waals surface area contributed by atoms with E-state index in [0.29, 0.717) is 0 Å². The van der Waals surface area contributed by atoms with Gasteiger partial charge in [-0.2, -0.15) is 0 Å². The van der Waals surface area contributed by atoms with Crippen LogP contribution >= 0.6 is 0 Å². The van der Waals surface area contributed by atoms with Gasteiger partial charge in [-0.3, -0.25) is 5.84 Å². The Labute approximate surface area is 111 Å². The van der Waals surface area contributed by atoms with Crippen LogP contribution in [0.3, 0.4) is 0 Å². The molecule has 0 aromatic heterocycles. The maximum Gasteiger partial charge on any atom is 0.128 e. The van der Waals surface area contributed by atoms with Crippen molar-refractivity contribution >= 4 is 0 Å². The molecule has 0 bridgehead atoms. The van der Waals surface area contributed by atoms with Crippen molar-refractivity contribution in [1.82, 2.24) is 5.43 Å². The number of hydrogen-bond donors (Lipinski definition) is 2. The number of benzene rings is 2. The van der Waals surface area contributed by atoms with Gasteiger partial charge in [-0.15, -0.1) is 0 Å². The molecular weight excluding hydrogens is 246 g/mol. The first-order chi connectivity index (χ1) is 9.02. The third kappa shape index (κ3) is 2.80. The van der Waals surface area contributed by atoms with Crippen molar-refractivity contribution in [3.05, 3.63) is 70.3 Å². The fourth-order valence-corrected chi connectivity index (χ4v) is 2.05. The third-order valence-electron chi connectivity index (χ3n) is 3.30. The predicted octanol–water partition coefficient (Wildman–Crippen LogP) is 3.13. The molecule has 4 heteroatoms. The Hall–Kier alpha value is -1.78. The lowest BCUT2D eigenvalue weighted by atomic mass is 9.95. The maximum absolute atomic E-state index is 13.8. The zero-order valence-electron chi connectivity index (χ0n) is 10.9. The van der Waals surface area contributed by atoms with E-state index >= 15 is 0 Å². The molecule has 3 N–H and O–H groups in total. The van der Waals surface area contributed by atoms with E-state index in [1.165, 1.54) is 0 Å². The zero-order chi connectivity index (χ0) is 14.0. The second-order valence-electron chi connectivity index (χ2n) is 4.61. The minimum Gasteiger partial charge on any atom is -0.271 e. The zero-order valence-corrected chi connectivity index (χ0v) is 10.9. The second kappa shape index (κ2) is 5.47. The third-order valence-corrected chi connectivity index (χ3v) is 3.30. The molecule has 100 valence electrons. The quantitative estimate of drug-likeness (QED) is 0.658. The first-order valence-electron chi connectivity index (χ1n) is 6.01. The van der Waals surface area contributed by atoms with Crippen molar-refractivity contribution in [2.24, 2.45) is 5.84 Å². The first-order valence-corrected chi connectivity index (χ1v) is 6.01. The van der Waals surface area contributed by atoms with E-state index in [1.54, 1.807) is 0 Å². The largest absolute Gasteiger partial charge is 0.271 e. The van der Waals surface area contributed by atoms with Crippen LogP contribution in [0.5, 0.6) is 0 Å². The van der Waals surface area contributed by atoms with Gasteiger partial charge in [-0.25, -0.2) is 14.2 Å². The minimum atomic E-state index is -0.574. The highest BCUT2D eigenvalue weighted by molar-refractivity contribution is 5.37. The van der Waals surface area contributed by atoms with E-state index < -0.39 is 17.7 Å². The van der Waals surface area contributed by atoms with Gasteiger partial charge in [0.05, 0.1) is 6.04 Å². The number of nitrogens with two attached hydrogens (primary N) is 1. The van der Waals surface area contributed by atoms with Crippen molar-refractivity contribution in [3.8, 4) is 0 Å². The Morgan fingerprint density at radius 1 is 1.00 bits per heavy atom. The van der Waals surface area contributed by atoms with Crippen LogP contribution in [-0.4, -0.2) is 0 Å². The highest BCUT2D eigenvalue weighted by atomic mass is 19.1. The number of nitrogens with one attached hydrogen (secondary N) is 1. The van der Waals surface area contributed by atoms with E-state index in [2.05, 4.69) is 5.43 Å². The molecule has 2 aromatic carbocycles. The average molecular weight is 262 g/mol. The standard InChI is InChI=1S/C15H16F2N2/c1-9-3-4-11(7-10(9)2)15(19-18)13-8-12(16)5-6-14(13)17/h3-8,15,19H,18H2,1-2H3. The molecule has 0 spiro atoms. The summed E-state index contributed by atoms with van der Waals surface area (Å²) in [4.78, 5) is 0. The summed E-state index contributed by atoms with van der Waals surface area (Å²) in [5.41, 5.74) is 5.76. The molecule has 2 aromatic rings. The number of aryl methyl sites for hydroxylation is 2. The lowest BCUT2D eigenvalue weighted by Crippen LogP contribution is -2.29. The Morgan fingerprint density at radius 3 is 2.37 bits per heavy atom. The molecule has 1 unspecified atom stereocenters. The van der Waals surface area contributed by atoms with Crippen LogP contribution in [0.25, 0.3) is 0 Å². The summed E-state index contributed by atoms with van der Waals surface area (Å²) in [6.07, 6.45) is 0. The molecule has 1 atom stereocenters. The van der Waals surface area contributed by atoms with Crippen LogP contribution < -0.4 is 11.3 Å². The molecule has 19 heavy (non-hydrogen) atoms. The lowest BCUT2D eigenvalue weighted by molar-refractivity contribution is 0.545. The van der Waals surface area contributed by atoms with Crippen molar-refractivity contribution in [1.29, 1.82) is 0 Å². The summed E-state index contributed by atoms with van der Waals surface area (Å²) in [6, 6.07) is 8.50. The molecular formula is C15H16F2N2. The van der Waals surface area contributed by atoms with Crippen LogP contribution in [0.4, 0.5) is 8.78 Å². The van der Waals surface area contributed by atoms with Crippen molar-refractivity contribution in [2.75, 3.05) is 0 Å². The van der Waals surface area contributed by atoms with Crippen LogP contribution in [0.2, 0.25) is 0 Å². The summed E-state index contributed by atoms with van der Waals surface area (Å²) in [5, 5.41) is 0. The fourth-order valence-electron chi connectivity index (χ4n) is 2.05. The molecule has 0 aliphatic rings. The second-order valence-corrected chi connectivity index (χ2v) is 4.61. The normalized spacial score (nSPS) is 12.5. The minimum absolute atomic E-state index is 0.200. The van der Waals surface area contributed by atoms with Crippen molar-refractivity contribution in [2.45, 2.75) is 19.9 Å². The average Bonchev–Trinajstić information content (AvgIpc) is 2.38. The summed E-state index contributed by atoms with van der Waals surface area (Å²) in [6.45, 7) is 3.96. The Kier molecular flexibility index (Phi) is 3.93. The Morgan fingerprint density at radius 2 is 1.74 bits per heavy atom. The van der Waals surface area contributed by atoms with Gasteiger partial charge in [0.2, 0.25) is 0 Å². The molecule has 0 aliphatic heterocycles. The Bertz CT molecular complexity index is 597. The monoisotopic (exact) mass is 262 g/mol. The summed E-state index contributed by atoms with van der Waals surface area (Å²) >= 11 is 0. The van der Waals surface area contributed by atoms with Crippen LogP contribution in [0, 0.1) is 25.5 Å². The van der Waals surface area contributed by atoms with Gasteiger partial charge >= 0.3 is 0 Å². The molecule has 0 amide bonds. The van der Waals surface area contributed by atoms with Gasteiger partial charge in [0.15, 0.2) is 0 Å². The van der Waals surface area contributed by atoms with E-state index in [-0.39, 0.29) is 5.56 Å². The lowest BCUT2D eigenvalue weighted by Gasteiger charge is -2.18. The van der Waals surface area contributed by atoms with Gasteiger partial charge in [-0.1, -0.05) is 18.2 Å². The van der Waals surface area contributed by atoms with Crippen molar-refractivity contribution < 1.29 is 8.78 Å². The smallest absolute Gasteiger partial charge is 0.128 e. The summed E-state index contributed by atoms with van der Waals surface area (Å²) in [7, 11) is 0. The number of halogens is 2. The SMILES string of the molecule is Cc1ccc(C(NN)c2cc(F)ccc2F)cc1C. The summed E-state index contributed by atoms with van der Waals surface area (Å²) in [5.74, 6) is 4.54. The molecule has 0 heterocycles. The van der Waals surface area contributed by atoms with E-state index in [1.807, 2.05) is 32.0 Å². The van der Waals surface area contributed by atoms with Crippen LogP contribution in [0.15, 0.2) is 36.4 Å². The van der Waals surface area contributed by atoms with E-state index in [0.717, 1.165) is 34.9 Å². The molecule has 0 saturated carbocycles. The van der Waals surface area contributed by atoms with Crippen LogP contribution in [-0.2, 0) is 0 Å². The van der Waals surface area contributed by atoms with E-state index in [9.17, 15) is 8.78 Å². The molecule has 2 nitrogen and oxygen atoms in total. The van der Waals surface area contributed by atoms with Crippen molar-refractivity contribution in [3.63, 3.8) is 0 Å². The fraction of sp³-hybridized carbons (Fsp3) is 0.200. The molecule has 0 saturated heterocycles. The highest BCUT2D eigenvalue weighted by Gasteiger charge is 2.17. The predicted molar refractivity (Wildman–Crippen MR) is 71.4 cm³/mol. The van der Waals surface area contributed by atoms with Gasteiger partial charge < -0.3 is 0 Å². The summed E-state index contributed by atoms with van der Waals surface area (Å²) < 4.78 is 27.1. The van der Waals surface area contributed by atoms with Gasteiger partial charge in [0.25, 0.3) is 0 Å². The number of rotatable bonds is 3. The highest BCUT2D eigenvalue weighted by Crippen LogP contribution is 2.26. The topological polar surface area (TPSA) is 38.0 Å². The molecule has 0 radical (unpaired) electrons. The van der Waals surface area contributed by atoms with E-state index in [4.69, 9.17) is 5.84 Å². The first kappa shape index (κ1) is 13.6.